The Kier molecular flexibility index (Phi) is 43.3. The maximum Gasteiger partial charge on any atom is 0.125 e. The van der Waals surface area contributed by atoms with Crippen LogP contribution in [0.15, 0.2) is 97.1 Å². The van der Waals surface area contributed by atoms with Crippen molar-refractivity contribution in [1.82, 2.24) is 0 Å². The number of rotatable bonds is 26. The average molecular weight is 2100 g/mol. The van der Waals surface area contributed by atoms with E-state index in [4.69, 9.17) is 18.9 Å². The van der Waals surface area contributed by atoms with Crippen molar-refractivity contribution in [2.75, 3.05) is 32.9 Å². The van der Waals surface area contributed by atoms with Crippen LogP contribution < -0.4 is 40.2 Å². The molecule has 0 aromatic heterocycles. The number of aryl methyl sites for hydroxylation is 3. The summed E-state index contributed by atoms with van der Waals surface area (Å²) in [5.41, 5.74) is 57.4. The molecule has 0 spiro atoms. The monoisotopic (exact) mass is 2100 g/mol. The molecule has 6 saturated carbocycles. The zero-order valence-corrected chi connectivity index (χ0v) is 102. The van der Waals surface area contributed by atoms with Gasteiger partial charge >= 0.3 is 171 Å². The van der Waals surface area contributed by atoms with Gasteiger partial charge in [-0.05, 0) is 434 Å². The number of benzene rings is 10. The van der Waals surface area contributed by atoms with Crippen molar-refractivity contribution < 1.29 is 40.2 Å². The van der Waals surface area contributed by atoms with E-state index in [-0.39, 0.29) is 21.2 Å². The zero-order chi connectivity index (χ0) is 107. The van der Waals surface area contributed by atoms with Gasteiger partial charge in [0.25, 0.3) is 0 Å². The number of alkyl halides is 1. The van der Waals surface area contributed by atoms with Gasteiger partial charge in [0.05, 0.1) is 21.3 Å². The molecule has 802 valence electrons. The van der Waals surface area contributed by atoms with Gasteiger partial charge in [0.15, 0.2) is 0 Å². The Balaban J connectivity index is 0.000000164. The van der Waals surface area contributed by atoms with Gasteiger partial charge in [0, 0.05) is 0 Å². The quantitative estimate of drug-likeness (QED) is 0.0400. The van der Waals surface area contributed by atoms with Crippen molar-refractivity contribution in [3.05, 3.63) is 262 Å². The molecule has 0 amide bonds. The van der Waals surface area contributed by atoms with Crippen molar-refractivity contribution in [3.63, 3.8) is 0 Å². The Hall–Kier alpha value is -7.87. The van der Waals surface area contributed by atoms with E-state index in [0.717, 1.165) is 58.5 Å². The second-order valence-corrected chi connectivity index (χ2v) is 52.1. The third kappa shape index (κ3) is 27.1. The minimum atomic E-state index is 0.109. The number of hydrogen-bond acceptors (Lipinski definition) is 4. The summed E-state index contributed by atoms with van der Waals surface area (Å²) >= 11 is 0.109. The van der Waals surface area contributed by atoms with E-state index in [1.54, 1.807) is 62.3 Å². The molecule has 6 fully saturated rings. The van der Waals surface area contributed by atoms with Gasteiger partial charge in [-0.25, -0.2) is 0 Å². The minimum Gasteiger partial charge on any atom is -0.496 e. The Morgan fingerprint density at radius 1 is 0.224 bits per heavy atom. The van der Waals surface area contributed by atoms with Crippen LogP contribution >= 0.6 is 0 Å². The molecule has 0 heterocycles. The molecular formula is C142H202IO4-. The van der Waals surface area contributed by atoms with E-state index in [2.05, 4.69) is 319 Å². The second kappa shape index (κ2) is 54.1. The molecule has 5 heteroatoms. The van der Waals surface area contributed by atoms with Crippen molar-refractivity contribution in [3.8, 4) is 78.6 Å². The van der Waals surface area contributed by atoms with Crippen molar-refractivity contribution in [2.45, 2.75) is 503 Å². The van der Waals surface area contributed by atoms with E-state index in [0.29, 0.717) is 47.3 Å². The fourth-order valence-corrected chi connectivity index (χ4v) is 29.3. The number of halogens is 1. The Bertz CT molecular complexity index is 5680. The van der Waals surface area contributed by atoms with Crippen LogP contribution in [0.2, 0.25) is 0 Å². The van der Waals surface area contributed by atoms with Crippen LogP contribution in [0, 0.1) is 107 Å². The van der Waals surface area contributed by atoms with Gasteiger partial charge in [-0.2, -0.15) is 0 Å². The van der Waals surface area contributed by atoms with Gasteiger partial charge in [-0.3, -0.25) is 0 Å². The van der Waals surface area contributed by atoms with Crippen LogP contribution in [0.3, 0.4) is 0 Å². The molecule has 0 aliphatic heterocycles. The van der Waals surface area contributed by atoms with Gasteiger partial charge in [-0.15, -0.1) is 0 Å². The Labute approximate surface area is 910 Å². The number of methoxy groups -OCH3 is 4. The van der Waals surface area contributed by atoms with E-state index in [1.807, 2.05) is 14.2 Å². The molecule has 10 aromatic rings. The fraction of sp³-hybridized carbons (Fsp3) is 0.577. The molecule has 147 heavy (non-hydrogen) atoms. The molecule has 6 aliphatic rings. The molecule has 0 bridgehead atoms. The smallest absolute Gasteiger partial charge is 0.125 e. The second-order valence-electron chi connectivity index (χ2n) is 49.0. The summed E-state index contributed by atoms with van der Waals surface area (Å²) in [4.78, 5) is 0. The maximum atomic E-state index is 5.85. The first-order valence-corrected chi connectivity index (χ1v) is 61.9. The summed E-state index contributed by atoms with van der Waals surface area (Å²) in [7, 11) is 7.21. The molecule has 0 unspecified atom stereocenters. The zero-order valence-electron chi connectivity index (χ0n) is 100.0. The van der Waals surface area contributed by atoms with Crippen LogP contribution in [0.1, 0.15) is 561 Å². The molecule has 16 rings (SSSR count). The summed E-state index contributed by atoms with van der Waals surface area (Å²) in [6.07, 6.45) is 43.2. The van der Waals surface area contributed by atoms with Crippen molar-refractivity contribution >= 4 is 0 Å². The van der Waals surface area contributed by atoms with Gasteiger partial charge in [0.2, 0.25) is 0 Å². The van der Waals surface area contributed by atoms with Crippen LogP contribution in [-0.2, 0) is 0 Å². The largest absolute Gasteiger partial charge is 0.496 e. The third-order valence-corrected chi connectivity index (χ3v) is 39.5. The Morgan fingerprint density at radius 2 is 0.449 bits per heavy atom. The summed E-state index contributed by atoms with van der Waals surface area (Å²) in [5.74, 6) is 12.7. The number of hydrogen-bond donors (Lipinski definition) is 0. The van der Waals surface area contributed by atoms with Gasteiger partial charge in [-0.1, -0.05) is 259 Å². The summed E-state index contributed by atoms with van der Waals surface area (Å²) < 4.78 is 26.0. The first-order valence-electron chi connectivity index (χ1n) is 59.3. The third-order valence-electron chi connectivity index (χ3n) is 36.4. The first kappa shape index (κ1) is 118. The molecule has 6 aliphatic carbocycles. The maximum absolute atomic E-state index is 5.85. The standard InChI is InChI=1S/2C33H46O.C26H38O.C26H38.C24H34IO/c2*1-23-19-20-31(34-3)24(2)32(23)33-29(26-15-9-5-10-16-26)21-28(25-13-7-4-8-14-25)22-30(33)27-17-11-6-12-18-27;1-14(2)21-12-22(15(3)4)25(23(13-21)16(5)6)24-17(7)19(9)26(27-11)20(10)18(24)8;1-14(2)22-12-23(15(3)4)26(24(13-22)16(5)6)25-20(10)18(8)17(7)19(9)21(25)11;1-9-12-25-19-13-20(15(2)3)24(21(14-19)16(4)5)23-17(6)10-11-22(26-8)18(23)7/h2*19-22,25-27H,4-18H2,1-3H3;12-16H,1-11H3;12-16H,1-11H3;10-11,13-16H,9,12H2,1-8H3/q;;;;-1. The molecule has 0 radical (unpaired) electrons. The average Bonchev–Trinajstić information content (AvgIpc) is 0.760. The normalized spacial score (nSPS) is 16.1. The fourth-order valence-electron chi connectivity index (χ4n) is 27.0. The van der Waals surface area contributed by atoms with Crippen LogP contribution in [-0.4, -0.2) is 32.9 Å². The molecular weight excluding hydrogens is 1900 g/mol. The van der Waals surface area contributed by atoms with Gasteiger partial charge in [0.1, 0.15) is 17.2 Å². The minimum absolute atomic E-state index is 0.109. The molecule has 0 saturated heterocycles. The summed E-state index contributed by atoms with van der Waals surface area (Å²) in [6, 6.07) is 38.9. The van der Waals surface area contributed by atoms with E-state index >= 15 is 0 Å². The van der Waals surface area contributed by atoms with E-state index in [1.165, 1.54) is 376 Å². The van der Waals surface area contributed by atoms with Crippen LogP contribution in [0.5, 0.6) is 23.0 Å². The van der Waals surface area contributed by atoms with Crippen LogP contribution in [0.25, 0.3) is 55.6 Å². The molecule has 10 aromatic carbocycles. The molecule has 0 atom stereocenters. The van der Waals surface area contributed by atoms with Crippen molar-refractivity contribution in [1.29, 1.82) is 0 Å². The topological polar surface area (TPSA) is 36.9 Å². The van der Waals surface area contributed by atoms with Crippen LogP contribution in [0.4, 0.5) is 0 Å². The van der Waals surface area contributed by atoms with Gasteiger partial charge < -0.3 is 14.2 Å². The SMILES string of the molecule is CCC[I-]c1cc(C(C)C)c(-c2c(C)ccc(OC)c2C)c(C(C)C)c1.COc1c(C)c(C)c(-c2c(C(C)C)cc(C(C)C)cc2C(C)C)c(C)c1C.COc1ccc(C)c(-c2c(C3CCCCC3)cc(C3CCCCC3)cc2C2CCCCC2)c1C.COc1ccc(C)c(-c2c(C3CCCCC3)cc(C3CCCCC3)cc2C2CCCCC2)c1C.Cc1c(C)c(C)c(-c2c(C(C)C)cc(C(C)C)cc2C(C)C)c(C)c1C. The summed E-state index contributed by atoms with van der Waals surface area (Å²) in [6.45, 7) is 73.5. The molecule has 0 N–H and O–H groups in total. The molecule has 4 nitrogen and oxygen atoms in total. The summed E-state index contributed by atoms with van der Waals surface area (Å²) in [5, 5.41) is 0. The Morgan fingerprint density at radius 3 is 0.680 bits per heavy atom. The van der Waals surface area contributed by atoms with Crippen molar-refractivity contribution in [2.24, 2.45) is 0 Å². The van der Waals surface area contributed by atoms with E-state index < -0.39 is 0 Å². The first-order chi connectivity index (χ1) is 70.2. The predicted molar refractivity (Wildman–Crippen MR) is 638 cm³/mol. The predicted octanol–water partition coefficient (Wildman–Crippen LogP) is 40.4. The van der Waals surface area contributed by atoms with E-state index in [9.17, 15) is 0 Å². The number of ether oxygens (including phenoxy) is 4.